The molecule has 0 unspecified atom stereocenters. The van der Waals surface area contributed by atoms with Gasteiger partial charge in [0.1, 0.15) is 0 Å². The summed E-state index contributed by atoms with van der Waals surface area (Å²) in [5.41, 5.74) is 0. The Labute approximate surface area is 116 Å². The fourth-order valence-electron chi connectivity index (χ4n) is 2.76. The van der Waals surface area contributed by atoms with Crippen molar-refractivity contribution in [3.05, 3.63) is 18.3 Å². The SMILES string of the molecule is CCC1CCC(Nc2ncccc2OC(C)C)CC1. The molecule has 1 aliphatic carbocycles. The summed E-state index contributed by atoms with van der Waals surface area (Å²) in [5, 5.41) is 3.56. The summed E-state index contributed by atoms with van der Waals surface area (Å²) < 4.78 is 5.80. The predicted molar refractivity (Wildman–Crippen MR) is 79.7 cm³/mol. The van der Waals surface area contributed by atoms with E-state index >= 15 is 0 Å². The number of anilines is 1. The molecule has 1 heterocycles. The van der Waals surface area contributed by atoms with E-state index in [2.05, 4.69) is 17.2 Å². The maximum absolute atomic E-state index is 5.80. The van der Waals surface area contributed by atoms with E-state index < -0.39 is 0 Å². The van der Waals surface area contributed by atoms with Gasteiger partial charge in [-0.05, 0) is 57.6 Å². The Morgan fingerprint density at radius 2 is 2.05 bits per heavy atom. The molecule has 19 heavy (non-hydrogen) atoms. The molecule has 1 saturated carbocycles. The third-order valence-corrected chi connectivity index (χ3v) is 3.90. The van der Waals surface area contributed by atoms with E-state index in [1.165, 1.54) is 32.1 Å². The molecule has 0 atom stereocenters. The third-order valence-electron chi connectivity index (χ3n) is 3.90. The van der Waals surface area contributed by atoms with Crippen LogP contribution < -0.4 is 10.1 Å². The Bertz CT molecular complexity index is 384. The second-order valence-electron chi connectivity index (χ2n) is 5.79. The molecule has 0 spiro atoms. The minimum Gasteiger partial charge on any atom is -0.487 e. The highest BCUT2D eigenvalue weighted by Crippen LogP contribution is 2.30. The molecular formula is C16H26N2O. The van der Waals surface area contributed by atoms with Crippen LogP contribution in [0.4, 0.5) is 5.82 Å². The van der Waals surface area contributed by atoms with Crippen LogP contribution in [0.1, 0.15) is 52.9 Å². The summed E-state index contributed by atoms with van der Waals surface area (Å²) in [6, 6.07) is 4.47. The standard InChI is InChI=1S/C16H26N2O/c1-4-13-7-9-14(10-8-13)18-16-15(19-12(2)3)6-5-11-17-16/h5-6,11-14H,4,7-10H2,1-3H3,(H,17,18). The topological polar surface area (TPSA) is 34.2 Å². The van der Waals surface area contributed by atoms with Crippen LogP contribution in [0.5, 0.6) is 5.75 Å². The highest BCUT2D eigenvalue weighted by molar-refractivity contribution is 5.50. The summed E-state index contributed by atoms with van der Waals surface area (Å²) in [6.07, 6.45) is 8.49. The number of aromatic nitrogens is 1. The van der Waals surface area contributed by atoms with Gasteiger partial charge in [0.2, 0.25) is 0 Å². The van der Waals surface area contributed by atoms with Crippen molar-refractivity contribution in [1.82, 2.24) is 4.98 Å². The van der Waals surface area contributed by atoms with Crippen molar-refractivity contribution < 1.29 is 4.74 Å². The lowest BCUT2D eigenvalue weighted by molar-refractivity contribution is 0.242. The van der Waals surface area contributed by atoms with Gasteiger partial charge in [0, 0.05) is 12.2 Å². The molecule has 0 aliphatic heterocycles. The Hall–Kier alpha value is -1.25. The molecule has 0 bridgehead atoms. The van der Waals surface area contributed by atoms with Gasteiger partial charge in [-0.15, -0.1) is 0 Å². The zero-order valence-electron chi connectivity index (χ0n) is 12.4. The molecule has 106 valence electrons. The Morgan fingerprint density at radius 3 is 2.68 bits per heavy atom. The summed E-state index contributed by atoms with van der Waals surface area (Å²) in [5.74, 6) is 2.69. The lowest BCUT2D eigenvalue weighted by atomic mass is 9.84. The minimum atomic E-state index is 0.181. The van der Waals surface area contributed by atoms with Gasteiger partial charge in [-0.3, -0.25) is 0 Å². The molecule has 3 heteroatoms. The number of nitrogens with zero attached hydrogens (tertiary/aromatic N) is 1. The fraction of sp³-hybridized carbons (Fsp3) is 0.688. The lowest BCUT2D eigenvalue weighted by Gasteiger charge is -2.29. The Morgan fingerprint density at radius 1 is 1.32 bits per heavy atom. The van der Waals surface area contributed by atoms with Gasteiger partial charge >= 0.3 is 0 Å². The third kappa shape index (κ3) is 4.12. The molecule has 1 aliphatic rings. The average Bonchev–Trinajstić information content (AvgIpc) is 2.41. The van der Waals surface area contributed by atoms with Gasteiger partial charge in [-0.25, -0.2) is 4.98 Å². The Balaban J connectivity index is 1.95. The normalized spacial score (nSPS) is 23.4. The first kappa shape index (κ1) is 14.2. The number of ether oxygens (including phenoxy) is 1. The van der Waals surface area contributed by atoms with Crippen molar-refractivity contribution in [3.8, 4) is 5.75 Å². The molecule has 1 fully saturated rings. The highest BCUT2D eigenvalue weighted by atomic mass is 16.5. The minimum absolute atomic E-state index is 0.181. The highest BCUT2D eigenvalue weighted by Gasteiger charge is 2.21. The zero-order valence-corrected chi connectivity index (χ0v) is 12.4. The largest absolute Gasteiger partial charge is 0.487 e. The number of hydrogen-bond acceptors (Lipinski definition) is 3. The first-order valence-corrected chi connectivity index (χ1v) is 7.57. The molecule has 2 rings (SSSR count). The van der Waals surface area contributed by atoms with Gasteiger partial charge in [-0.1, -0.05) is 13.3 Å². The first-order valence-electron chi connectivity index (χ1n) is 7.57. The summed E-state index contributed by atoms with van der Waals surface area (Å²) in [6.45, 7) is 6.39. The monoisotopic (exact) mass is 262 g/mol. The summed E-state index contributed by atoms with van der Waals surface area (Å²) in [4.78, 5) is 4.43. The second kappa shape index (κ2) is 6.78. The zero-order chi connectivity index (χ0) is 13.7. The van der Waals surface area contributed by atoms with Crippen LogP contribution >= 0.6 is 0 Å². The van der Waals surface area contributed by atoms with Crippen molar-refractivity contribution in [2.24, 2.45) is 5.92 Å². The molecule has 0 amide bonds. The van der Waals surface area contributed by atoms with Crippen LogP contribution in [-0.2, 0) is 0 Å². The quantitative estimate of drug-likeness (QED) is 0.861. The summed E-state index contributed by atoms with van der Waals surface area (Å²) in [7, 11) is 0. The van der Waals surface area contributed by atoms with Gasteiger partial charge in [-0.2, -0.15) is 0 Å². The van der Waals surface area contributed by atoms with Crippen molar-refractivity contribution in [1.29, 1.82) is 0 Å². The van der Waals surface area contributed by atoms with E-state index in [9.17, 15) is 0 Å². The fourth-order valence-corrected chi connectivity index (χ4v) is 2.76. The van der Waals surface area contributed by atoms with Gasteiger partial charge in [0.25, 0.3) is 0 Å². The molecule has 3 nitrogen and oxygen atoms in total. The van der Waals surface area contributed by atoms with Crippen LogP contribution in [-0.4, -0.2) is 17.1 Å². The van der Waals surface area contributed by atoms with Crippen LogP contribution in [0, 0.1) is 5.92 Å². The van der Waals surface area contributed by atoms with Crippen LogP contribution in [0.3, 0.4) is 0 Å². The Kier molecular flexibility index (Phi) is 5.06. The number of hydrogen-bond donors (Lipinski definition) is 1. The molecule has 0 aromatic carbocycles. The van der Waals surface area contributed by atoms with E-state index in [4.69, 9.17) is 4.74 Å². The van der Waals surface area contributed by atoms with Gasteiger partial charge in [0.05, 0.1) is 6.10 Å². The van der Waals surface area contributed by atoms with Crippen LogP contribution in [0.2, 0.25) is 0 Å². The van der Waals surface area contributed by atoms with E-state index in [1.54, 1.807) is 0 Å². The number of nitrogens with one attached hydrogen (secondary N) is 1. The first-order chi connectivity index (χ1) is 9.19. The lowest BCUT2D eigenvalue weighted by Crippen LogP contribution is -2.26. The van der Waals surface area contributed by atoms with Crippen LogP contribution in [0.25, 0.3) is 0 Å². The van der Waals surface area contributed by atoms with Crippen molar-refractivity contribution in [2.75, 3.05) is 5.32 Å². The van der Waals surface area contributed by atoms with Crippen molar-refractivity contribution in [3.63, 3.8) is 0 Å². The van der Waals surface area contributed by atoms with E-state index in [1.807, 2.05) is 32.2 Å². The number of pyridine rings is 1. The number of rotatable bonds is 5. The van der Waals surface area contributed by atoms with Crippen molar-refractivity contribution >= 4 is 5.82 Å². The molecule has 1 aromatic heterocycles. The molecular weight excluding hydrogens is 236 g/mol. The average molecular weight is 262 g/mol. The van der Waals surface area contributed by atoms with Crippen LogP contribution in [0.15, 0.2) is 18.3 Å². The predicted octanol–water partition coefficient (Wildman–Crippen LogP) is 4.25. The smallest absolute Gasteiger partial charge is 0.168 e. The van der Waals surface area contributed by atoms with Crippen molar-refractivity contribution in [2.45, 2.75) is 65.0 Å². The molecule has 1 N–H and O–H groups in total. The van der Waals surface area contributed by atoms with E-state index in [0.29, 0.717) is 6.04 Å². The maximum Gasteiger partial charge on any atom is 0.168 e. The van der Waals surface area contributed by atoms with E-state index in [0.717, 1.165) is 17.5 Å². The van der Waals surface area contributed by atoms with E-state index in [-0.39, 0.29) is 6.10 Å². The second-order valence-corrected chi connectivity index (χ2v) is 5.79. The molecule has 0 saturated heterocycles. The maximum atomic E-state index is 5.80. The van der Waals surface area contributed by atoms with Gasteiger partial charge in [0.15, 0.2) is 11.6 Å². The molecule has 0 radical (unpaired) electrons. The van der Waals surface area contributed by atoms with Gasteiger partial charge < -0.3 is 10.1 Å². The summed E-state index contributed by atoms with van der Waals surface area (Å²) >= 11 is 0. The molecule has 1 aromatic rings.